The van der Waals surface area contributed by atoms with E-state index in [2.05, 4.69) is 0 Å². The molecule has 1 aromatic carbocycles. The molecule has 0 aliphatic carbocycles. The molecule has 180 valence electrons. The standard InChI is InChI=1S/C18H23F2NO11/c19-5-9(22)14-11(24)12(25)17(30-14)32-16-13(26)15(10(23)6-20)31-18(16)29-8-3-1-7(2-4-8)21(27)28/h1-4,9-18,22-26H,5-6H2/t9-,10-,11-,12-,13+,14+,15+,16-,17+,18-/m1/s1. The van der Waals surface area contributed by atoms with Crippen LogP contribution >= 0.6 is 0 Å². The highest BCUT2D eigenvalue weighted by atomic mass is 19.1. The molecule has 0 unspecified atom stereocenters. The maximum Gasteiger partial charge on any atom is 0.269 e. The van der Waals surface area contributed by atoms with Gasteiger partial charge in [0.2, 0.25) is 6.29 Å². The average molecular weight is 467 g/mol. The molecule has 3 rings (SSSR count). The van der Waals surface area contributed by atoms with Gasteiger partial charge >= 0.3 is 0 Å². The summed E-state index contributed by atoms with van der Waals surface area (Å²) in [5.41, 5.74) is -0.225. The van der Waals surface area contributed by atoms with E-state index in [1.807, 2.05) is 0 Å². The smallest absolute Gasteiger partial charge is 0.269 e. The highest BCUT2D eigenvalue weighted by molar-refractivity contribution is 5.36. The highest BCUT2D eigenvalue weighted by Crippen LogP contribution is 2.33. The number of nitrogens with zero attached hydrogens (tertiary/aromatic N) is 1. The molecular weight excluding hydrogens is 444 g/mol. The summed E-state index contributed by atoms with van der Waals surface area (Å²) in [6, 6.07) is 4.71. The Kier molecular flexibility index (Phi) is 7.89. The zero-order chi connectivity index (χ0) is 23.6. The molecule has 12 nitrogen and oxygen atoms in total. The van der Waals surface area contributed by atoms with E-state index >= 15 is 0 Å². The molecule has 32 heavy (non-hydrogen) atoms. The Bertz CT molecular complexity index is 772. The van der Waals surface area contributed by atoms with Crippen molar-refractivity contribution in [3.8, 4) is 5.75 Å². The molecular formula is C18H23F2NO11. The summed E-state index contributed by atoms with van der Waals surface area (Å²) >= 11 is 0. The van der Waals surface area contributed by atoms with E-state index in [1.54, 1.807) is 0 Å². The first-order valence-electron chi connectivity index (χ1n) is 9.57. The minimum atomic E-state index is -1.76. The number of non-ortho nitro benzene ring substituents is 1. The summed E-state index contributed by atoms with van der Waals surface area (Å²) < 4.78 is 47.2. The lowest BCUT2D eigenvalue weighted by Gasteiger charge is -2.26. The third kappa shape index (κ3) is 4.97. The second-order valence-electron chi connectivity index (χ2n) is 7.32. The average Bonchev–Trinajstić information content (AvgIpc) is 3.24. The fourth-order valence-electron chi connectivity index (χ4n) is 3.43. The molecule has 0 radical (unpaired) electrons. The van der Waals surface area contributed by atoms with Gasteiger partial charge in [-0.3, -0.25) is 10.1 Å². The first-order valence-corrected chi connectivity index (χ1v) is 9.57. The van der Waals surface area contributed by atoms with Crippen molar-refractivity contribution in [3.05, 3.63) is 34.4 Å². The van der Waals surface area contributed by atoms with Gasteiger partial charge in [0.15, 0.2) is 12.4 Å². The Labute approximate surface area is 179 Å². The Hall–Kier alpha value is -2.04. The second kappa shape index (κ2) is 10.3. The first kappa shape index (κ1) is 24.6. The van der Waals surface area contributed by atoms with Crippen LogP contribution in [0.2, 0.25) is 0 Å². The zero-order valence-corrected chi connectivity index (χ0v) is 16.4. The van der Waals surface area contributed by atoms with Crippen molar-refractivity contribution in [2.45, 2.75) is 61.4 Å². The molecule has 2 fully saturated rings. The van der Waals surface area contributed by atoms with Gasteiger partial charge in [-0.1, -0.05) is 0 Å². The van der Waals surface area contributed by atoms with Crippen LogP contribution < -0.4 is 4.74 Å². The van der Waals surface area contributed by atoms with Crippen molar-refractivity contribution in [1.82, 2.24) is 0 Å². The number of hydrogen-bond donors (Lipinski definition) is 5. The number of ether oxygens (including phenoxy) is 4. The van der Waals surface area contributed by atoms with Crippen LogP contribution in [0.3, 0.4) is 0 Å². The fraction of sp³-hybridized carbons (Fsp3) is 0.667. The van der Waals surface area contributed by atoms with Gasteiger partial charge in [0.25, 0.3) is 5.69 Å². The maximum atomic E-state index is 13.0. The lowest BCUT2D eigenvalue weighted by atomic mass is 10.1. The Morgan fingerprint density at radius 1 is 0.938 bits per heavy atom. The van der Waals surface area contributed by atoms with Crippen LogP contribution in [0.15, 0.2) is 24.3 Å². The van der Waals surface area contributed by atoms with Gasteiger partial charge < -0.3 is 44.5 Å². The van der Waals surface area contributed by atoms with Gasteiger partial charge in [-0.25, -0.2) is 8.78 Å². The number of aliphatic hydroxyl groups excluding tert-OH is 5. The Morgan fingerprint density at radius 2 is 1.47 bits per heavy atom. The van der Waals surface area contributed by atoms with Crippen LogP contribution in [0.4, 0.5) is 14.5 Å². The van der Waals surface area contributed by atoms with E-state index < -0.39 is 79.7 Å². The summed E-state index contributed by atoms with van der Waals surface area (Å²) in [6.45, 7) is -2.54. The van der Waals surface area contributed by atoms with E-state index in [0.29, 0.717) is 0 Å². The Morgan fingerprint density at radius 3 is 2.00 bits per heavy atom. The number of nitro benzene ring substituents is 1. The van der Waals surface area contributed by atoms with Crippen molar-refractivity contribution >= 4 is 5.69 Å². The maximum absolute atomic E-state index is 13.0. The van der Waals surface area contributed by atoms with Gasteiger partial charge in [-0.15, -0.1) is 0 Å². The van der Waals surface area contributed by atoms with E-state index in [0.717, 1.165) is 12.1 Å². The molecule has 0 amide bonds. The van der Waals surface area contributed by atoms with Gasteiger partial charge in [0.05, 0.1) is 4.92 Å². The summed E-state index contributed by atoms with van der Waals surface area (Å²) in [6.07, 6.45) is -16.4. The number of halogens is 2. The van der Waals surface area contributed by atoms with Crippen LogP contribution in [0.1, 0.15) is 0 Å². The van der Waals surface area contributed by atoms with Crippen molar-refractivity contribution in [3.63, 3.8) is 0 Å². The third-order valence-electron chi connectivity index (χ3n) is 5.16. The number of alkyl halides is 2. The largest absolute Gasteiger partial charge is 0.462 e. The number of nitro groups is 1. The molecule has 2 heterocycles. The van der Waals surface area contributed by atoms with Crippen LogP contribution in [0.25, 0.3) is 0 Å². The van der Waals surface area contributed by atoms with Crippen LogP contribution in [-0.2, 0) is 14.2 Å². The number of hydrogen-bond acceptors (Lipinski definition) is 11. The molecule has 2 aliphatic rings. The van der Waals surface area contributed by atoms with E-state index in [4.69, 9.17) is 18.9 Å². The normalized spacial score (nSPS) is 36.7. The van der Waals surface area contributed by atoms with Gasteiger partial charge in [0.1, 0.15) is 61.8 Å². The lowest BCUT2D eigenvalue weighted by Crippen LogP contribution is -2.45. The number of aliphatic hydroxyl groups is 5. The van der Waals surface area contributed by atoms with Crippen molar-refractivity contribution in [2.24, 2.45) is 0 Å². The molecule has 5 N–H and O–H groups in total. The third-order valence-corrected chi connectivity index (χ3v) is 5.16. The molecule has 2 saturated heterocycles. The number of benzene rings is 1. The van der Waals surface area contributed by atoms with E-state index in [-0.39, 0.29) is 11.4 Å². The van der Waals surface area contributed by atoms with Gasteiger partial charge in [-0.05, 0) is 12.1 Å². The zero-order valence-electron chi connectivity index (χ0n) is 16.4. The van der Waals surface area contributed by atoms with E-state index in [1.165, 1.54) is 12.1 Å². The molecule has 0 aromatic heterocycles. The first-order chi connectivity index (χ1) is 15.2. The lowest BCUT2D eigenvalue weighted by molar-refractivity contribution is -0.384. The summed E-state index contributed by atoms with van der Waals surface area (Å²) in [4.78, 5) is 10.1. The molecule has 0 bridgehead atoms. The minimum absolute atomic E-state index is 0.0374. The summed E-state index contributed by atoms with van der Waals surface area (Å²) in [7, 11) is 0. The topological polar surface area (TPSA) is 181 Å². The Balaban J connectivity index is 1.77. The predicted molar refractivity (Wildman–Crippen MR) is 97.9 cm³/mol. The molecule has 0 saturated carbocycles. The molecule has 1 aromatic rings. The van der Waals surface area contributed by atoms with Crippen molar-refractivity contribution in [2.75, 3.05) is 13.3 Å². The SMILES string of the molecule is O=[N+]([O-])c1ccc(O[C@@H]2O[C@@H]([C@H](O)CF)[C@H](O)[C@H]2O[C@@H]2O[C@@H]([C@H](O)CF)[C@H](O)[C@H]2O)cc1. The van der Waals surface area contributed by atoms with Crippen molar-refractivity contribution in [1.29, 1.82) is 0 Å². The molecule has 2 aliphatic heterocycles. The van der Waals surface area contributed by atoms with Gasteiger partial charge in [0, 0.05) is 12.1 Å². The molecule has 0 spiro atoms. The summed E-state index contributed by atoms with van der Waals surface area (Å²) in [5.74, 6) is 0.0374. The van der Waals surface area contributed by atoms with Crippen LogP contribution in [0.5, 0.6) is 5.75 Å². The van der Waals surface area contributed by atoms with E-state index in [9.17, 15) is 44.4 Å². The van der Waals surface area contributed by atoms with Crippen LogP contribution in [-0.4, -0.2) is 105 Å². The van der Waals surface area contributed by atoms with Crippen LogP contribution in [0, 0.1) is 10.1 Å². The summed E-state index contributed by atoms with van der Waals surface area (Å²) in [5, 5.41) is 60.7. The predicted octanol–water partition coefficient (Wildman–Crippen LogP) is -1.45. The molecule has 14 heteroatoms. The molecule has 10 atom stereocenters. The highest BCUT2D eigenvalue weighted by Gasteiger charge is 2.54. The number of rotatable bonds is 9. The van der Waals surface area contributed by atoms with Crippen molar-refractivity contribution < 1.29 is 58.2 Å². The monoisotopic (exact) mass is 467 g/mol. The minimum Gasteiger partial charge on any atom is -0.462 e. The van der Waals surface area contributed by atoms with Gasteiger partial charge in [-0.2, -0.15) is 0 Å². The fourth-order valence-corrected chi connectivity index (χ4v) is 3.43. The second-order valence-corrected chi connectivity index (χ2v) is 7.32. The quantitative estimate of drug-likeness (QED) is 0.212.